The third kappa shape index (κ3) is 5.80. The van der Waals surface area contributed by atoms with Crippen molar-refractivity contribution in [3.05, 3.63) is 56.9 Å². The Bertz CT molecular complexity index is 1270. The van der Waals surface area contributed by atoms with E-state index in [1.165, 1.54) is 30.3 Å². The summed E-state index contributed by atoms with van der Waals surface area (Å²) in [6, 6.07) is 9.21. The van der Waals surface area contributed by atoms with E-state index < -0.39 is 33.8 Å². The van der Waals surface area contributed by atoms with Gasteiger partial charge < -0.3 is 13.7 Å². The third-order valence-electron chi connectivity index (χ3n) is 4.52. The minimum atomic E-state index is -4.14. The van der Waals surface area contributed by atoms with Crippen LogP contribution in [0.15, 0.2) is 50.7 Å². The Morgan fingerprint density at radius 1 is 1.18 bits per heavy atom. The number of halogens is 1. The molecule has 0 radical (unpaired) electrons. The second-order valence-corrected chi connectivity index (χ2v) is 10.4. The number of imide groups is 1. The lowest BCUT2D eigenvalue weighted by molar-refractivity contribution is -0.143. The summed E-state index contributed by atoms with van der Waals surface area (Å²) in [6.07, 6.45) is 1.44. The van der Waals surface area contributed by atoms with Crippen LogP contribution < -0.4 is 8.92 Å². The number of aryl methyl sites for hydroxylation is 1. The van der Waals surface area contributed by atoms with E-state index in [1.54, 1.807) is 19.1 Å². The van der Waals surface area contributed by atoms with Crippen LogP contribution >= 0.6 is 27.7 Å². The number of hydrogen-bond acceptors (Lipinski definition) is 9. The number of benzene rings is 2. The minimum absolute atomic E-state index is 0.0178. The summed E-state index contributed by atoms with van der Waals surface area (Å²) in [5.41, 5.74) is 1.34. The first-order valence-electron chi connectivity index (χ1n) is 9.85. The lowest BCUT2D eigenvalue weighted by atomic mass is 10.2. The lowest BCUT2D eigenvalue weighted by Crippen LogP contribution is -2.34. The average molecular weight is 570 g/mol. The maximum Gasteiger partial charge on any atom is 0.339 e. The van der Waals surface area contributed by atoms with Crippen molar-refractivity contribution >= 4 is 61.0 Å². The second-order valence-electron chi connectivity index (χ2n) is 6.96. The summed E-state index contributed by atoms with van der Waals surface area (Å²) >= 11 is 3.98. The van der Waals surface area contributed by atoms with E-state index in [1.807, 2.05) is 6.92 Å². The number of esters is 1. The number of methoxy groups -OCH3 is 1. The molecule has 0 N–H and O–H groups in total. The average Bonchev–Trinajstić information content (AvgIpc) is 3.03. The molecule has 1 heterocycles. The first kappa shape index (κ1) is 25.8. The molecular formula is C22H20BrNO8S2. The first-order chi connectivity index (χ1) is 16.1. The fraction of sp³-hybridized carbons (Fsp3) is 0.227. The van der Waals surface area contributed by atoms with E-state index in [4.69, 9.17) is 8.92 Å². The van der Waals surface area contributed by atoms with Crippen LogP contribution in [0.4, 0.5) is 4.79 Å². The number of nitrogens with zero attached hydrogens (tertiary/aromatic N) is 1. The van der Waals surface area contributed by atoms with Crippen LogP contribution in [0.1, 0.15) is 18.1 Å². The van der Waals surface area contributed by atoms with Gasteiger partial charge in [0.15, 0.2) is 11.5 Å². The second kappa shape index (κ2) is 10.6. The van der Waals surface area contributed by atoms with E-state index in [0.29, 0.717) is 17.3 Å². The van der Waals surface area contributed by atoms with Crippen molar-refractivity contribution in [2.75, 3.05) is 20.3 Å². The Morgan fingerprint density at radius 3 is 2.47 bits per heavy atom. The van der Waals surface area contributed by atoms with Gasteiger partial charge in [-0.05, 0) is 77.4 Å². The fourth-order valence-corrected chi connectivity index (χ4v) is 5.30. The highest BCUT2D eigenvalue weighted by Gasteiger charge is 2.36. The molecule has 0 spiro atoms. The van der Waals surface area contributed by atoms with Gasteiger partial charge in [0, 0.05) is 0 Å². The zero-order chi connectivity index (χ0) is 25.0. The van der Waals surface area contributed by atoms with Crippen molar-refractivity contribution in [2.24, 2.45) is 0 Å². The minimum Gasteiger partial charge on any atom is -0.490 e. The molecule has 1 fully saturated rings. The van der Waals surface area contributed by atoms with Crippen molar-refractivity contribution in [3.8, 4) is 11.5 Å². The predicted octanol–water partition coefficient (Wildman–Crippen LogP) is 4.13. The van der Waals surface area contributed by atoms with Crippen molar-refractivity contribution in [2.45, 2.75) is 18.7 Å². The number of rotatable bonds is 8. The molecule has 180 valence electrons. The van der Waals surface area contributed by atoms with Crippen LogP contribution in [0.5, 0.6) is 11.5 Å². The van der Waals surface area contributed by atoms with Crippen molar-refractivity contribution in [1.29, 1.82) is 0 Å². The SMILES string of the molecule is CCOc1cc(/C=C2\SC(=O)N(CC(=O)OC)C2=O)cc(Br)c1OS(=O)(=O)c1ccc(C)cc1. The van der Waals surface area contributed by atoms with Crippen LogP contribution in [0.25, 0.3) is 6.08 Å². The Balaban J connectivity index is 1.94. The topological polar surface area (TPSA) is 116 Å². The van der Waals surface area contributed by atoms with Crippen LogP contribution in [0.3, 0.4) is 0 Å². The monoisotopic (exact) mass is 569 g/mol. The molecule has 1 aliphatic rings. The molecule has 0 aliphatic carbocycles. The highest BCUT2D eigenvalue weighted by molar-refractivity contribution is 9.10. The molecule has 2 amide bonds. The highest BCUT2D eigenvalue weighted by Crippen LogP contribution is 2.40. The molecule has 1 saturated heterocycles. The Hall–Kier alpha value is -2.83. The van der Waals surface area contributed by atoms with Gasteiger partial charge in [-0.2, -0.15) is 8.42 Å². The molecule has 0 unspecified atom stereocenters. The van der Waals surface area contributed by atoms with Gasteiger partial charge in [-0.1, -0.05) is 17.7 Å². The van der Waals surface area contributed by atoms with E-state index >= 15 is 0 Å². The fourth-order valence-electron chi connectivity index (χ4n) is 2.86. The van der Waals surface area contributed by atoms with E-state index in [0.717, 1.165) is 17.6 Å². The Morgan fingerprint density at radius 2 is 1.85 bits per heavy atom. The maximum absolute atomic E-state index is 12.8. The quantitative estimate of drug-likeness (QED) is 0.262. The lowest BCUT2D eigenvalue weighted by Gasteiger charge is -2.15. The molecular weight excluding hydrogens is 550 g/mol. The summed E-state index contributed by atoms with van der Waals surface area (Å²) in [5.74, 6) is -1.30. The van der Waals surface area contributed by atoms with E-state index in [2.05, 4.69) is 20.7 Å². The van der Waals surface area contributed by atoms with Gasteiger partial charge in [-0.3, -0.25) is 19.3 Å². The van der Waals surface area contributed by atoms with Crippen LogP contribution in [0.2, 0.25) is 0 Å². The van der Waals surface area contributed by atoms with Gasteiger partial charge in [0.05, 0.1) is 23.1 Å². The summed E-state index contributed by atoms with van der Waals surface area (Å²) in [5, 5.41) is -0.602. The molecule has 0 atom stereocenters. The molecule has 1 aliphatic heterocycles. The van der Waals surface area contributed by atoms with Gasteiger partial charge in [-0.15, -0.1) is 0 Å². The zero-order valence-electron chi connectivity index (χ0n) is 18.4. The van der Waals surface area contributed by atoms with E-state index in [-0.39, 0.29) is 32.4 Å². The van der Waals surface area contributed by atoms with Crippen molar-refractivity contribution in [3.63, 3.8) is 0 Å². The van der Waals surface area contributed by atoms with Crippen molar-refractivity contribution in [1.82, 2.24) is 4.90 Å². The largest absolute Gasteiger partial charge is 0.490 e. The Labute approximate surface area is 209 Å². The standard InChI is InChI=1S/C22H20BrNO8S2/c1-4-31-17-10-14(11-18-21(26)24(22(27)33-18)12-19(25)30-3)9-16(23)20(17)32-34(28,29)15-7-5-13(2)6-8-15/h5-11H,4,12H2,1-3H3/b18-11-. The molecule has 0 bridgehead atoms. The van der Waals surface area contributed by atoms with Gasteiger partial charge in [0.1, 0.15) is 11.4 Å². The molecule has 12 heteroatoms. The highest BCUT2D eigenvalue weighted by atomic mass is 79.9. The number of thioether (sulfide) groups is 1. The number of hydrogen-bond donors (Lipinski definition) is 0. The smallest absolute Gasteiger partial charge is 0.339 e. The molecule has 3 rings (SSSR count). The maximum atomic E-state index is 12.8. The number of carbonyl (C=O) groups excluding carboxylic acids is 3. The summed E-state index contributed by atoms with van der Waals surface area (Å²) < 4.78 is 41.3. The van der Waals surface area contributed by atoms with Crippen molar-refractivity contribution < 1.29 is 36.5 Å². The van der Waals surface area contributed by atoms with Gasteiger partial charge in [-0.25, -0.2) is 0 Å². The van der Waals surface area contributed by atoms with Crippen LogP contribution in [0, 0.1) is 6.92 Å². The van der Waals surface area contributed by atoms with Crippen LogP contribution in [-0.4, -0.2) is 50.7 Å². The van der Waals surface area contributed by atoms with Gasteiger partial charge >= 0.3 is 16.1 Å². The number of amides is 2. The normalized spacial score (nSPS) is 15.1. The molecule has 2 aromatic carbocycles. The number of ether oxygens (including phenoxy) is 2. The molecule has 9 nitrogen and oxygen atoms in total. The molecule has 2 aromatic rings. The first-order valence-corrected chi connectivity index (χ1v) is 12.9. The number of carbonyl (C=O) groups is 3. The zero-order valence-corrected chi connectivity index (χ0v) is 21.6. The van der Waals surface area contributed by atoms with Gasteiger partial charge in [0.2, 0.25) is 0 Å². The van der Waals surface area contributed by atoms with Crippen LogP contribution in [-0.2, 0) is 24.4 Å². The summed E-state index contributed by atoms with van der Waals surface area (Å²) in [4.78, 5) is 37.0. The van der Waals surface area contributed by atoms with E-state index in [9.17, 15) is 22.8 Å². The predicted molar refractivity (Wildman–Crippen MR) is 129 cm³/mol. The third-order valence-corrected chi connectivity index (χ3v) is 7.25. The Kier molecular flexibility index (Phi) is 8.05. The summed E-state index contributed by atoms with van der Waals surface area (Å²) in [7, 11) is -2.99. The molecule has 0 saturated carbocycles. The molecule has 0 aromatic heterocycles. The van der Waals surface area contributed by atoms with Gasteiger partial charge in [0.25, 0.3) is 11.1 Å². The summed E-state index contributed by atoms with van der Waals surface area (Å²) in [6.45, 7) is 3.28. The molecule has 34 heavy (non-hydrogen) atoms.